The van der Waals surface area contributed by atoms with E-state index in [2.05, 4.69) is 10.3 Å². The van der Waals surface area contributed by atoms with Crippen LogP contribution in [0.15, 0.2) is 0 Å². The first kappa shape index (κ1) is 11.6. The minimum absolute atomic E-state index is 0.0348. The fraction of sp³-hybridized carbons (Fsp3) is 0.600. The molecule has 7 heteroatoms. The summed E-state index contributed by atoms with van der Waals surface area (Å²) in [7, 11) is 0. The molecule has 0 aromatic carbocycles. The molecule has 0 atom stereocenters. The fourth-order valence-electron chi connectivity index (χ4n) is 1.90. The molecule has 1 fully saturated rings. The molecule has 0 spiro atoms. The van der Waals surface area contributed by atoms with E-state index in [-0.39, 0.29) is 18.1 Å². The number of hydrogen-bond acceptors (Lipinski definition) is 4. The predicted octanol–water partition coefficient (Wildman–Crippen LogP) is -0.0929. The topological polar surface area (TPSA) is 88.3 Å². The number of nitrogens with zero attached hydrogens (tertiary/aromatic N) is 4. The zero-order chi connectivity index (χ0) is 12.4. The number of hydrogen-bond donors (Lipinski definition) is 1. The van der Waals surface area contributed by atoms with Crippen LogP contribution in [0.2, 0.25) is 0 Å². The molecule has 1 aliphatic rings. The summed E-state index contributed by atoms with van der Waals surface area (Å²) in [4.78, 5) is 24.4. The van der Waals surface area contributed by atoms with Gasteiger partial charge in [0.1, 0.15) is 6.54 Å². The SMILES string of the molecule is Cc1c(C(=O)O)nnn1CC(=O)N1CCCC1. The molecular weight excluding hydrogens is 224 g/mol. The second-order valence-electron chi connectivity index (χ2n) is 4.07. The Morgan fingerprint density at radius 3 is 2.53 bits per heavy atom. The average molecular weight is 238 g/mol. The molecule has 92 valence electrons. The van der Waals surface area contributed by atoms with E-state index in [1.807, 2.05) is 0 Å². The maximum absolute atomic E-state index is 11.8. The van der Waals surface area contributed by atoms with Gasteiger partial charge in [-0.25, -0.2) is 9.48 Å². The summed E-state index contributed by atoms with van der Waals surface area (Å²) in [6.07, 6.45) is 2.06. The van der Waals surface area contributed by atoms with Gasteiger partial charge in [-0.3, -0.25) is 4.79 Å². The van der Waals surface area contributed by atoms with Crippen LogP contribution in [0.25, 0.3) is 0 Å². The van der Waals surface area contributed by atoms with Gasteiger partial charge >= 0.3 is 5.97 Å². The highest BCUT2D eigenvalue weighted by atomic mass is 16.4. The van der Waals surface area contributed by atoms with Gasteiger partial charge in [-0.05, 0) is 19.8 Å². The fourth-order valence-corrected chi connectivity index (χ4v) is 1.90. The smallest absolute Gasteiger partial charge is 0.358 e. The first-order chi connectivity index (χ1) is 8.09. The van der Waals surface area contributed by atoms with Crippen LogP contribution in [0.5, 0.6) is 0 Å². The highest BCUT2D eigenvalue weighted by Gasteiger charge is 2.21. The van der Waals surface area contributed by atoms with Gasteiger partial charge < -0.3 is 10.0 Å². The molecule has 1 aliphatic heterocycles. The molecular formula is C10H14N4O3. The van der Waals surface area contributed by atoms with Crippen LogP contribution in [0.4, 0.5) is 0 Å². The van der Waals surface area contributed by atoms with Crippen molar-refractivity contribution in [3.05, 3.63) is 11.4 Å². The second kappa shape index (κ2) is 4.52. The lowest BCUT2D eigenvalue weighted by Gasteiger charge is -2.15. The molecule has 1 aromatic rings. The van der Waals surface area contributed by atoms with Crippen molar-refractivity contribution in [3.63, 3.8) is 0 Å². The summed E-state index contributed by atoms with van der Waals surface area (Å²) in [5.41, 5.74) is 0.310. The third-order valence-electron chi connectivity index (χ3n) is 2.93. The van der Waals surface area contributed by atoms with Crippen LogP contribution in [0.1, 0.15) is 29.0 Å². The molecule has 0 aliphatic carbocycles. The Balaban J connectivity index is 2.08. The van der Waals surface area contributed by atoms with E-state index >= 15 is 0 Å². The van der Waals surface area contributed by atoms with Gasteiger partial charge in [0, 0.05) is 13.1 Å². The summed E-state index contributed by atoms with van der Waals surface area (Å²) >= 11 is 0. The molecule has 1 N–H and O–H groups in total. The van der Waals surface area contributed by atoms with Crippen molar-refractivity contribution in [3.8, 4) is 0 Å². The first-order valence-corrected chi connectivity index (χ1v) is 5.50. The molecule has 1 amide bonds. The van der Waals surface area contributed by atoms with Crippen LogP contribution in [-0.2, 0) is 11.3 Å². The standard InChI is InChI=1S/C10H14N4O3/c1-7-9(10(16)17)11-12-14(7)6-8(15)13-4-2-3-5-13/h2-6H2,1H3,(H,16,17). The van der Waals surface area contributed by atoms with Crippen molar-refractivity contribution in [2.24, 2.45) is 0 Å². The Kier molecular flexibility index (Phi) is 3.08. The van der Waals surface area contributed by atoms with E-state index in [9.17, 15) is 9.59 Å². The summed E-state index contributed by atoms with van der Waals surface area (Å²) < 4.78 is 1.34. The van der Waals surface area contributed by atoms with E-state index in [4.69, 9.17) is 5.11 Å². The van der Waals surface area contributed by atoms with Gasteiger partial charge in [0.05, 0.1) is 5.69 Å². The number of aromatic nitrogens is 3. The number of rotatable bonds is 3. The van der Waals surface area contributed by atoms with E-state index in [0.717, 1.165) is 25.9 Å². The van der Waals surface area contributed by atoms with Crippen LogP contribution < -0.4 is 0 Å². The zero-order valence-corrected chi connectivity index (χ0v) is 9.59. The van der Waals surface area contributed by atoms with Crippen molar-refractivity contribution in [2.75, 3.05) is 13.1 Å². The third-order valence-corrected chi connectivity index (χ3v) is 2.93. The van der Waals surface area contributed by atoms with Gasteiger partial charge in [-0.2, -0.15) is 0 Å². The largest absolute Gasteiger partial charge is 0.476 e. The molecule has 1 saturated heterocycles. The molecule has 0 saturated carbocycles. The molecule has 0 radical (unpaired) electrons. The van der Waals surface area contributed by atoms with Crippen LogP contribution in [0.3, 0.4) is 0 Å². The summed E-state index contributed by atoms with van der Waals surface area (Å²) in [6.45, 7) is 3.21. The Hall–Kier alpha value is -1.92. The molecule has 0 unspecified atom stereocenters. The zero-order valence-electron chi connectivity index (χ0n) is 9.59. The Morgan fingerprint density at radius 1 is 1.35 bits per heavy atom. The van der Waals surface area contributed by atoms with Crippen LogP contribution >= 0.6 is 0 Å². The van der Waals surface area contributed by atoms with Crippen molar-refractivity contribution in [1.82, 2.24) is 19.9 Å². The van der Waals surface area contributed by atoms with E-state index in [1.54, 1.807) is 11.8 Å². The lowest BCUT2D eigenvalue weighted by Crippen LogP contribution is -2.31. The third kappa shape index (κ3) is 2.27. The molecule has 17 heavy (non-hydrogen) atoms. The number of amides is 1. The Morgan fingerprint density at radius 2 is 2.00 bits per heavy atom. The number of carbonyl (C=O) groups excluding carboxylic acids is 1. The number of carboxylic acid groups (broad SMARTS) is 1. The maximum Gasteiger partial charge on any atom is 0.358 e. The summed E-state index contributed by atoms with van der Waals surface area (Å²) in [6, 6.07) is 0. The highest BCUT2D eigenvalue weighted by molar-refractivity contribution is 5.86. The van der Waals surface area contributed by atoms with Crippen molar-refractivity contribution < 1.29 is 14.7 Å². The number of aromatic carboxylic acids is 1. The second-order valence-corrected chi connectivity index (χ2v) is 4.07. The predicted molar refractivity (Wildman–Crippen MR) is 57.5 cm³/mol. The van der Waals surface area contributed by atoms with Gasteiger partial charge in [0.25, 0.3) is 0 Å². The first-order valence-electron chi connectivity index (χ1n) is 5.50. The van der Waals surface area contributed by atoms with Crippen molar-refractivity contribution in [1.29, 1.82) is 0 Å². The number of carbonyl (C=O) groups is 2. The number of likely N-dealkylation sites (tertiary alicyclic amines) is 1. The Bertz CT molecular complexity index is 448. The monoisotopic (exact) mass is 238 g/mol. The lowest BCUT2D eigenvalue weighted by molar-refractivity contribution is -0.131. The van der Waals surface area contributed by atoms with Crippen molar-refractivity contribution >= 4 is 11.9 Å². The quantitative estimate of drug-likeness (QED) is 0.794. The lowest BCUT2D eigenvalue weighted by atomic mass is 10.3. The molecule has 0 bridgehead atoms. The summed E-state index contributed by atoms with van der Waals surface area (Å²) in [5.74, 6) is -1.16. The molecule has 2 rings (SSSR count). The van der Waals surface area contributed by atoms with E-state index in [0.29, 0.717) is 5.69 Å². The maximum atomic E-state index is 11.8. The number of carboxylic acids is 1. The van der Waals surface area contributed by atoms with E-state index in [1.165, 1.54) is 4.68 Å². The Labute approximate surface area is 98.0 Å². The molecule has 7 nitrogen and oxygen atoms in total. The average Bonchev–Trinajstić information content (AvgIpc) is 2.89. The van der Waals surface area contributed by atoms with Gasteiger partial charge in [0.2, 0.25) is 5.91 Å². The highest BCUT2D eigenvalue weighted by Crippen LogP contribution is 2.09. The minimum atomic E-state index is -1.12. The van der Waals surface area contributed by atoms with E-state index < -0.39 is 5.97 Å². The van der Waals surface area contributed by atoms with Gasteiger partial charge in [-0.1, -0.05) is 5.21 Å². The molecule has 1 aromatic heterocycles. The van der Waals surface area contributed by atoms with Crippen molar-refractivity contribution in [2.45, 2.75) is 26.3 Å². The van der Waals surface area contributed by atoms with Gasteiger partial charge in [0.15, 0.2) is 5.69 Å². The van der Waals surface area contributed by atoms with Crippen LogP contribution in [-0.4, -0.2) is 50.0 Å². The molecule has 2 heterocycles. The summed E-state index contributed by atoms with van der Waals surface area (Å²) in [5, 5.41) is 16.0. The normalized spacial score (nSPS) is 15.2. The minimum Gasteiger partial charge on any atom is -0.476 e. The van der Waals surface area contributed by atoms with Gasteiger partial charge in [-0.15, -0.1) is 5.10 Å². The van der Waals surface area contributed by atoms with Crippen LogP contribution in [0, 0.1) is 6.92 Å².